The highest BCUT2D eigenvalue weighted by Crippen LogP contribution is 2.12. The number of hydrogen-bond acceptors (Lipinski definition) is 3. The van der Waals surface area contributed by atoms with Crippen LogP contribution in [0.15, 0.2) is 58.1 Å². The second-order valence-corrected chi connectivity index (χ2v) is 5.88. The van der Waals surface area contributed by atoms with Gasteiger partial charge in [-0.3, -0.25) is 4.79 Å². The minimum Gasteiger partial charge on any atom is -0.376 e. The predicted molar refractivity (Wildman–Crippen MR) is 94.2 cm³/mol. The largest absolute Gasteiger partial charge is 0.376 e. The van der Waals surface area contributed by atoms with Crippen molar-refractivity contribution in [3.05, 3.63) is 64.1 Å². The van der Waals surface area contributed by atoms with Crippen molar-refractivity contribution >= 4 is 33.2 Å². The molecule has 1 amide bonds. The third-order valence-electron chi connectivity index (χ3n) is 3.06. The van der Waals surface area contributed by atoms with Crippen molar-refractivity contribution < 1.29 is 4.79 Å². The van der Waals surface area contributed by atoms with Crippen LogP contribution in [-0.4, -0.2) is 18.2 Å². The molecule has 2 aromatic rings. The molecule has 0 heterocycles. The van der Waals surface area contributed by atoms with E-state index in [0.717, 1.165) is 27.0 Å². The molecule has 0 fully saturated rings. The van der Waals surface area contributed by atoms with E-state index in [1.165, 1.54) is 0 Å². The molecule has 0 unspecified atom stereocenters. The molecule has 0 atom stereocenters. The van der Waals surface area contributed by atoms with Crippen LogP contribution in [0.4, 0.5) is 5.69 Å². The zero-order valence-corrected chi connectivity index (χ0v) is 14.1. The van der Waals surface area contributed by atoms with Crippen molar-refractivity contribution in [1.82, 2.24) is 5.43 Å². The maximum absolute atomic E-state index is 11.8. The van der Waals surface area contributed by atoms with Crippen LogP contribution in [0.1, 0.15) is 18.1 Å². The van der Waals surface area contributed by atoms with Crippen LogP contribution in [0, 0.1) is 6.92 Å². The van der Waals surface area contributed by atoms with E-state index >= 15 is 0 Å². The number of benzene rings is 2. The second kappa shape index (κ2) is 7.75. The molecule has 0 spiro atoms. The number of hydrazone groups is 1. The van der Waals surface area contributed by atoms with Crippen LogP contribution >= 0.6 is 15.9 Å². The molecule has 0 radical (unpaired) electrons. The van der Waals surface area contributed by atoms with Gasteiger partial charge in [-0.25, -0.2) is 5.43 Å². The molecule has 114 valence electrons. The SMILES string of the molecule is C/C(=N\NC(=O)CNc1cccc(C)c1)c1cccc(Br)c1. The van der Waals surface area contributed by atoms with Gasteiger partial charge in [-0.05, 0) is 49.2 Å². The number of anilines is 1. The third kappa shape index (κ3) is 5.00. The predicted octanol–water partition coefficient (Wildman–Crippen LogP) is 3.71. The highest BCUT2D eigenvalue weighted by molar-refractivity contribution is 9.10. The molecule has 22 heavy (non-hydrogen) atoms. The van der Waals surface area contributed by atoms with Gasteiger partial charge in [-0.15, -0.1) is 0 Å². The van der Waals surface area contributed by atoms with Crippen molar-refractivity contribution in [1.29, 1.82) is 0 Å². The summed E-state index contributed by atoms with van der Waals surface area (Å²) in [6.07, 6.45) is 0. The number of hydrogen-bond donors (Lipinski definition) is 2. The van der Waals surface area contributed by atoms with E-state index in [4.69, 9.17) is 0 Å². The Labute approximate surface area is 138 Å². The lowest BCUT2D eigenvalue weighted by Gasteiger charge is -2.07. The number of amides is 1. The molecule has 0 aliphatic carbocycles. The quantitative estimate of drug-likeness (QED) is 0.631. The van der Waals surface area contributed by atoms with Gasteiger partial charge in [-0.1, -0.05) is 40.2 Å². The monoisotopic (exact) mass is 359 g/mol. The molecule has 0 bridgehead atoms. The van der Waals surface area contributed by atoms with Gasteiger partial charge < -0.3 is 5.32 Å². The van der Waals surface area contributed by atoms with Crippen LogP contribution in [0.25, 0.3) is 0 Å². The maximum atomic E-state index is 11.8. The van der Waals surface area contributed by atoms with Crippen LogP contribution in [0.2, 0.25) is 0 Å². The summed E-state index contributed by atoms with van der Waals surface area (Å²) in [5.74, 6) is -0.184. The number of aryl methyl sites for hydroxylation is 1. The Hall–Kier alpha value is -2.14. The topological polar surface area (TPSA) is 53.5 Å². The molecule has 0 saturated carbocycles. The van der Waals surface area contributed by atoms with Gasteiger partial charge >= 0.3 is 0 Å². The minimum atomic E-state index is -0.184. The molecule has 0 aliphatic rings. The first-order valence-electron chi connectivity index (χ1n) is 6.94. The Morgan fingerprint density at radius 1 is 1.18 bits per heavy atom. The Balaban J connectivity index is 1.88. The Bertz CT molecular complexity index is 698. The number of carbonyl (C=O) groups is 1. The van der Waals surface area contributed by atoms with Crippen molar-refractivity contribution in [3.8, 4) is 0 Å². The molecular formula is C17H18BrN3O. The number of rotatable bonds is 5. The van der Waals surface area contributed by atoms with Crippen LogP contribution in [0.5, 0.6) is 0 Å². The van der Waals surface area contributed by atoms with E-state index in [-0.39, 0.29) is 12.5 Å². The molecule has 5 heteroatoms. The van der Waals surface area contributed by atoms with E-state index in [2.05, 4.69) is 31.8 Å². The van der Waals surface area contributed by atoms with Crippen LogP contribution < -0.4 is 10.7 Å². The van der Waals surface area contributed by atoms with E-state index in [1.807, 2.05) is 62.4 Å². The summed E-state index contributed by atoms with van der Waals surface area (Å²) in [4.78, 5) is 11.8. The molecule has 2 rings (SSSR count). The lowest BCUT2D eigenvalue weighted by Crippen LogP contribution is -2.26. The van der Waals surface area contributed by atoms with Gasteiger partial charge in [0.05, 0.1) is 12.3 Å². The minimum absolute atomic E-state index is 0.179. The molecule has 2 N–H and O–H groups in total. The standard InChI is InChI=1S/C17H18BrN3O/c1-12-5-3-8-16(9-12)19-11-17(22)21-20-13(2)14-6-4-7-15(18)10-14/h3-10,19H,11H2,1-2H3,(H,21,22)/b20-13+. The number of nitrogens with zero attached hydrogens (tertiary/aromatic N) is 1. The summed E-state index contributed by atoms with van der Waals surface area (Å²) < 4.78 is 0.979. The summed E-state index contributed by atoms with van der Waals surface area (Å²) in [5.41, 5.74) is 6.34. The normalized spacial score (nSPS) is 11.1. The molecule has 0 aromatic heterocycles. The first-order valence-corrected chi connectivity index (χ1v) is 7.73. The van der Waals surface area contributed by atoms with Gasteiger partial charge in [0.15, 0.2) is 0 Å². The van der Waals surface area contributed by atoms with Gasteiger partial charge in [-0.2, -0.15) is 5.10 Å². The summed E-state index contributed by atoms with van der Waals surface area (Å²) >= 11 is 3.41. The zero-order chi connectivity index (χ0) is 15.9. The van der Waals surface area contributed by atoms with Crippen molar-refractivity contribution in [2.75, 3.05) is 11.9 Å². The van der Waals surface area contributed by atoms with E-state index < -0.39 is 0 Å². The fourth-order valence-electron chi connectivity index (χ4n) is 1.90. The maximum Gasteiger partial charge on any atom is 0.259 e. The Morgan fingerprint density at radius 2 is 1.95 bits per heavy atom. The van der Waals surface area contributed by atoms with Gasteiger partial charge in [0.25, 0.3) is 5.91 Å². The smallest absolute Gasteiger partial charge is 0.259 e. The van der Waals surface area contributed by atoms with Gasteiger partial charge in [0.1, 0.15) is 0 Å². The highest BCUT2D eigenvalue weighted by Gasteiger charge is 2.02. The van der Waals surface area contributed by atoms with Gasteiger partial charge in [0.2, 0.25) is 0 Å². The fourth-order valence-corrected chi connectivity index (χ4v) is 2.30. The summed E-state index contributed by atoms with van der Waals surface area (Å²) in [5, 5.41) is 7.19. The van der Waals surface area contributed by atoms with Crippen LogP contribution in [0.3, 0.4) is 0 Å². The first-order chi connectivity index (χ1) is 10.5. The molecule has 2 aromatic carbocycles. The van der Waals surface area contributed by atoms with Crippen molar-refractivity contribution in [2.45, 2.75) is 13.8 Å². The van der Waals surface area contributed by atoms with Crippen molar-refractivity contribution in [3.63, 3.8) is 0 Å². The zero-order valence-electron chi connectivity index (χ0n) is 12.6. The number of halogens is 1. The second-order valence-electron chi connectivity index (χ2n) is 4.97. The van der Waals surface area contributed by atoms with Crippen molar-refractivity contribution in [2.24, 2.45) is 5.10 Å². The lowest BCUT2D eigenvalue weighted by molar-refractivity contribution is -0.119. The summed E-state index contributed by atoms with van der Waals surface area (Å²) in [7, 11) is 0. The summed E-state index contributed by atoms with van der Waals surface area (Å²) in [6.45, 7) is 4.05. The lowest BCUT2D eigenvalue weighted by atomic mass is 10.1. The highest BCUT2D eigenvalue weighted by atomic mass is 79.9. The van der Waals surface area contributed by atoms with E-state index in [9.17, 15) is 4.79 Å². The number of carbonyl (C=O) groups excluding carboxylic acids is 1. The van der Waals surface area contributed by atoms with E-state index in [1.54, 1.807) is 0 Å². The molecule has 4 nitrogen and oxygen atoms in total. The number of nitrogens with one attached hydrogen (secondary N) is 2. The third-order valence-corrected chi connectivity index (χ3v) is 3.56. The average Bonchev–Trinajstić information content (AvgIpc) is 2.50. The molecule has 0 saturated heterocycles. The Morgan fingerprint density at radius 3 is 2.68 bits per heavy atom. The first kappa shape index (κ1) is 16.2. The van der Waals surface area contributed by atoms with Crippen LogP contribution in [-0.2, 0) is 4.79 Å². The summed E-state index contributed by atoms with van der Waals surface area (Å²) in [6, 6.07) is 15.7. The molecular weight excluding hydrogens is 342 g/mol. The Kier molecular flexibility index (Phi) is 5.72. The van der Waals surface area contributed by atoms with E-state index in [0.29, 0.717) is 0 Å². The average molecular weight is 360 g/mol. The van der Waals surface area contributed by atoms with Gasteiger partial charge in [0, 0.05) is 10.2 Å². The molecule has 0 aliphatic heterocycles. The fraction of sp³-hybridized carbons (Fsp3) is 0.176.